The third kappa shape index (κ3) is 2.25. The van der Waals surface area contributed by atoms with Crippen LogP contribution >= 0.6 is 0 Å². The molecule has 1 unspecified atom stereocenters. The van der Waals surface area contributed by atoms with Gasteiger partial charge in [0.05, 0.1) is 7.95 Å². The fraction of sp³-hybridized carbons (Fsp3) is 0.133. The fourth-order valence-corrected chi connectivity index (χ4v) is 2.11. The number of rotatable bonds is 4. The molecule has 2 aromatic carbocycles. The number of para-hydroxylation sites is 1. The Morgan fingerprint density at radius 2 is 1.75 bits per heavy atom. The second-order valence-electron chi connectivity index (χ2n) is 4.13. The molecule has 0 radical (unpaired) electrons. The van der Waals surface area contributed by atoms with Crippen molar-refractivity contribution >= 4 is 0 Å². The van der Waals surface area contributed by atoms with E-state index in [4.69, 9.17) is 6.11 Å². The molecule has 20 heavy (non-hydrogen) atoms. The third-order valence-corrected chi connectivity index (χ3v) is 2.94. The van der Waals surface area contributed by atoms with Crippen molar-refractivity contribution in [2.24, 2.45) is 0 Å². The number of nitrogens with zero attached hydrogens (tertiary/aromatic N) is 3. The Balaban J connectivity index is 2.14. The van der Waals surface area contributed by atoms with E-state index in [-0.39, 0.29) is 0 Å². The Kier molecular flexibility index (Phi) is 3.08. The van der Waals surface area contributed by atoms with Crippen molar-refractivity contribution in [1.29, 1.82) is 0 Å². The van der Waals surface area contributed by atoms with Gasteiger partial charge in [-0.1, -0.05) is 42.5 Å². The Hall–Kier alpha value is -2.69. The maximum atomic E-state index is 7.61. The minimum absolute atomic E-state index is 0.527. The maximum Gasteiger partial charge on any atom is 0.205 e. The molecule has 0 spiro atoms. The van der Waals surface area contributed by atoms with Gasteiger partial charge in [-0.05, 0) is 23.8 Å². The van der Waals surface area contributed by atoms with E-state index in [1.807, 2.05) is 48.5 Å². The molecule has 1 heterocycles. The van der Waals surface area contributed by atoms with E-state index in [0.29, 0.717) is 11.6 Å². The summed E-state index contributed by atoms with van der Waals surface area (Å²) in [5.74, 6) is 1.19. The lowest BCUT2D eigenvalue weighted by atomic mass is 9.98. The quantitative estimate of drug-likeness (QED) is 0.790. The second-order valence-corrected chi connectivity index (χ2v) is 4.13. The first-order valence-corrected chi connectivity index (χ1v) is 6.27. The van der Waals surface area contributed by atoms with Crippen LogP contribution in [0.1, 0.15) is 8.29 Å². The number of H-pyrrole nitrogens is 1. The minimum atomic E-state index is -0.636. The van der Waals surface area contributed by atoms with Gasteiger partial charge in [-0.15, -0.1) is 10.2 Å². The van der Waals surface area contributed by atoms with Crippen LogP contribution in [0.5, 0.6) is 5.75 Å². The molecule has 5 heteroatoms. The largest absolute Gasteiger partial charge is 0.493 e. The summed E-state index contributed by atoms with van der Waals surface area (Å²) in [6.45, 7) is 1.05. The van der Waals surface area contributed by atoms with Crippen molar-refractivity contribution < 1.29 is 6.11 Å². The summed E-state index contributed by atoms with van der Waals surface area (Å²) >= 11 is 0. The van der Waals surface area contributed by atoms with Crippen LogP contribution in [0, 0.1) is 0 Å². The number of hydrogen-bond acceptors (Lipinski definition) is 4. The zero-order chi connectivity index (χ0) is 14.7. The van der Waals surface area contributed by atoms with E-state index in [9.17, 15) is 0 Å². The van der Waals surface area contributed by atoms with Crippen LogP contribution in [-0.4, -0.2) is 27.2 Å². The standard InChI is InChI=1S/C15H14N4O/c1-2-20-14-10-6-5-8-12(14)11-7-3-4-9-13(11)15-16-18-19-17-15/h3-10H,2H2,1H3,(H,16,17,18,19)/i2T. The molecule has 0 amide bonds. The normalized spacial score (nSPS) is 12.8. The van der Waals surface area contributed by atoms with Crippen molar-refractivity contribution in [2.45, 2.75) is 6.92 Å². The number of benzene rings is 2. The van der Waals surface area contributed by atoms with Gasteiger partial charge in [0, 0.05) is 11.1 Å². The molecule has 100 valence electrons. The molecule has 3 aromatic rings. The Morgan fingerprint density at radius 1 is 1.05 bits per heavy atom. The van der Waals surface area contributed by atoms with Crippen LogP contribution in [-0.2, 0) is 0 Å². The van der Waals surface area contributed by atoms with Crippen LogP contribution in [0.15, 0.2) is 48.5 Å². The van der Waals surface area contributed by atoms with Gasteiger partial charge in [-0.25, -0.2) is 0 Å². The lowest BCUT2D eigenvalue weighted by Crippen LogP contribution is -1.95. The van der Waals surface area contributed by atoms with Crippen molar-refractivity contribution in [1.82, 2.24) is 20.6 Å². The van der Waals surface area contributed by atoms with Crippen LogP contribution in [0.4, 0.5) is 0 Å². The number of tetrazole rings is 1. The number of ether oxygens (including phenoxy) is 1. The lowest BCUT2D eigenvalue weighted by molar-refractivity contribution is 0.341. The highest BCUT2D eigenvalue weighted by Gasteiger charge is 2.13. The zero-order valence-electron chi connectivity index (χ0n) is 11.9. The SMILES string of the molecule is [3H]C(C)Oc1ccccc1-c1ccccc1-c1nn[nH]n1. The second kappa shape index (κ2) is 5.52. The first-order valence-electron chi connectivity index (χ1n) is 6.84. The van der Waals surface area contributed by atoms with Gasteiger partial charge in [0.25, 0.3) is 0 Å². The summed E-state index contributed by atoms with van der Waals surface area (Å²) in [6.07, 6.45) is 0. The molecule has 1 aromatic heterocycles. The summed E-state index contributed by atoms with van der Waals surface area (Å²) in [6, 6.07) is 15.4. The molecule has 5 nitrogen and oxygen atoms in total. The minimum Gasteiger partial charge on any atom is -0.493 e. The number of aromatic amines is 1. The van der Waals surface area contributed by atoms with Gasteiger partial charge >= 0.3 is 0 Å². The van der Waals surface area contributed by atoms with Crippen LogP contribution in [0.2, 0.25) is 0 Å². The van der Waals surface area contributed by atoms with Crippen molar-refractivity contribution in [2.75, 3.05) is 6.58 Å². The maximum absolute atomic E-state index is 7.61. The fourth-order valence-electron chi connectivity index (χ4n) is 2.11. The average Bonchev–Trinajstić information content (AvgIpc) is 3.01. The van der Waals surface area contributed by atoms with Crippen LogP contribution < -0.4 is 4.74 Å². The predicted molar refractivity (Wildman–Crippen MR) is 76.2 cm³/mol. The summed E-state index contributed by atoms with van der Waals surface area (Å²) in [4.78, 5) is 0. The summed E-state index contributed by atoms with van der Waals surface area (Å²) in [7, 11) is 0. The lowest BCUT2D eigenvalue weighted by Gasteiger charge is -2.12. The molecule has 0 aliphatic heterocycles. The molecule has 0 aliphatic carbocycles. The van der Waals surface area contributed by atoms with Gasteiger partial charge in [0.1, 0.15) is 5.75 Å². The summed E-state index contributed by atoms with van der Waals surface area (Å²) in [5, 5.41) is 14.1. The molecule has 0 aliphatic rings. The Bertz CT molecular complexity index is 728. The van der Waals surface area contributed by atoms with Gasteiger partial charge in [0.15, 0.2) is 0 Å². The number of nitrogens with one attached hydrogen (secondary N) is 1. The van der Waals surface area contributed by atoms with E-state index in [1.165, 1.54) is 0 Å². The number of hydrogen-bond donors (Lipinski definition) is 1. The van der Waals surface area contributed by atoms with E-state index < -0.39 is 6.58 Å². The van der Waals surface area contributed by atoms with Crippen molar-refractivity contribution in [3.63, 3.8) is 0 Å². The van der Waals surface area contributed by atoms with E-state index in [1.54, 1.807) is 6.92 Å². The molecule has 0 fully saturated rings. The highest BCUT2D eigenvalue weighted by molar-refractivity contribution is 5.83. The Labute approximate surface area is 118 Å². The van der Waals surface area contributed by atoms with Crippen molar-refractivity contribution in [3.8, 4) is 28.3 Å². The smallest absolute Gasteiger partial charge is 0.205 e. The van der Waals surface area contributed by atoms with Gasteiger partial charge < -0.3 is 4.74 Å². The topological polar surface area (TPSA) is 63.7 Å². The van der Waals surface area contributed by atoms with Crippen LogP contribution in [0.25, 0.3) is 22.5 Å². The Morgan fingerprint density at radius 3 is 2.45 bits per heavy atom. The van der Waals surface area contributed by atoms with Crippen molar-refractivity contribution in [3.05, 3.63) is 48.5 Å². The zero-order valence-corrected chi connectivity index (χ0v) is 10.9. The number of aromatic nitrogens is 4. The third-order valence-electron chi connectivity index (χ3n) is 2.94. The predicted octanol–water partition coefficient (Wildman–Crippen LogP) is 2.93. The molecule has 1 atom stereocenters. The average molecular weight is 268 g/mol. The van der Waals surface area contributed by atoms with Gasteiger partial charge in [0.2, 0.25) is 5.82 Å². The summed E-state index contributed by atoms with van der Waals surface area (Å²) in [5.41, 5.74) is 2.70. The first kappa shape index (κ1) is 11.2. The first-order chi connectivity index (χ1) is 10.3. The molecule has 0 bridgehead atoms. The van der Waals surface area contributed by atoms with Crippen LogP contribution in [0.3, 0.4) is 0 Å². The molecule has 0 saturated carbocycles. The summed E-state index contributed by atoms with van der Waals surface area (Å²) < 4.78 is 13.2. The van der Waals surface area contributed by atoms with E-state index in [0.717, 1.165) is 16.7 Å². The molecular formula is C15H14N4O. The molecule has 0 saturated heterocycles. The van der Waals surface area contributed by atoms with Gasteiger partial charge in [-0.3, -0.25) is 0 Å². The van der Waals surface area contributed by atoms with Gasteiger partial charge in [-0.2, -0.15) is 5.21 Å². The molecule has 1 N–H and O–H groups in total. The monoisotopic (exact) mass is 268 g/mol. The molecular weight excluding hydrogens is 252 g/mol. The highest BCUT2D eigenvalue weighted by atomic mass is 16.5. The molecule has 3 rings (SSSR count). The highest BCUT2D eigenvalue weighted by Crippen LogP contribution is 2.35. The van der Waals surface area contributed by atoms with E-state index >= 15 is 0 Å². The van der Waals surface area contributed by atoms with E-state index in [2.05, 4.69) is 20.6 Å².